The van der Waals surface area contributed by atoms with Crippen molar-refractivity contribution in [3.8, 4) is 45.3 Å². The standard InChI is InChI=1S/C53H34O2/c1-3-13-39(14-4-1)53(40-15-5-2-6-16-40)47-21-11-12-22-51(47)55-52-34-38(28-30-48(52)53)50-32-31-49(54-50)36-25-23-35(24-26-36)37-27-29-45-43-19-8-7-17-41(43)42-18-9-10-20-44(42)46(45)33-37/h1-34H. The molecule has 0 fully saturated rings. The Hall–Kier alpha value is -7.16. The Morgan fingerprint density at radius 2 is 0.764 bits per heavy atom. The maximum Gasteiger partial charge on any atom is 0.134 e. The van der Waals surface area contributed by atoms with Crippen LogP contribution in [0.25, 0.3) is 66.1 Å². The molecule has 0 bridgehead atoms. The van der Waals surface area contributed by atoms with Crippen LogP contribution in [0.2, 0.25) is 0 Å². The zero-order chi connectivity index (χ0) is 36.3. The fraction of sp³-hybridized carbons (Fsp3) is 0.0189. The molecule has 2 heteroatoms. The normalized spacial score (nSPS) is 13.0. The van der Waals surface area contributed by atoms with E-state index in [4.69, 9.17) is 9.15 Å². The molecule has 0 radical (unpaired) electrons. The van der Waals surface area contributed by atoms with Crippen LogP contribution in [0.4, 0.5) is 0 Å². The van der Waals surface area contributed by atoms with Crippen molar-refractivity contribution in [2.45, 2.75) is 5.41 Å². The highest BCUT2D eigenvalue weighted by Crippen LogP contribution is 2.55. The maximum absolute atomic E-state index is 6.71. The topological polar surface area (TPSA) is 22.4 Å². The van der Waals surface area contributed by atoms with E-state index in [0.29, 0.717) is 0 Å². The average Bonchev–Trinajstić information content (AvgIpc) is 3.77. The predicted octanol–water partition coefficient (Wildman–Crippen LogP) is 14.2. The smallest absolute Gasteiger partial charge is 0.134 e. The highest BCUT2D eigenvalue weighted by atomic mass is 16.5. The van der Waals surface area contributed by atoms with Crippen LogP contribution in [0.3, 0.4) is 0 Å². The third kappa shape index (κ3) is 4.89. The highest BCUT2D eigenvalue weighted by molar-refractivity contribution is 6.25. The fourth-order valence-electron chi connectivity index (χ4n) is 8.93. The first-order valence-corrected chi connectivity index (χ1v) is 18.8. The molecule has 1 aliphatic heterocycles. The maximum atomic E-state index is 6.71. The molecule has 2 nitrogen and oxygen atoms in total. The van der Waals surface area contributed by atoms with Gasteiger partial charge in [0, 0.05) is 22.3 Å². The Morgan fingerprint density at radius 3 is 1.42 bits per heavy atom. The van der Waals surface area contributed by atoms with Gasteiger partial charge in [0.25, 0.3) is 0 Å². The number of benzene rings is 9. The zero-order valence-corrected chi connectivity index (χ0v) is 29.9. The number of ether oxygens (including phenoxy) is 1. The van der Waals surface area contributed by atoms with Gasteiger partial charge in [-0.3, -0.25) is 0 Å². The number of hydrogen-bond donors (Lipinski definition) is 0. The van der Waals surface area contributed by atoms with E-state index in [1.165, 1.54) is 54.6 Å². The van der Waals surface area contributed by atoms with E-state index in [0.717, 1.165) is 45.3 Å². The molecule has 1 aliphatic rings. The Kier molecular flexibility index (Phi) is 7.11. The molecule has 0 N–H and O–H groups in total. The number of hydrogen-bond acceptors (Lipinski definition) is 2. The van der Waals surface area contributed by atoms with Gasteiger partial charge in [0.1, 0.15) is 23.0 Å². The summed E-state index contributed by atoms with van der Waals surface area (Å²) in [5, 5.41) is 7.69. The van der Waals surface area contributed by atoms with Gasteiger partial charge >= 0.3 is 0 Å². The van der Waals surface area contributed by atoms with E-state index in [-0.39, 0.29) is 0 Å². The molecule has 0 aliphatic carbocycles. The highest BCUT2D eigenvalue weighted by Gasteiger charge is 2.45. The molecular weight excluding hydrogens is 669 g/mol. The third-order valence-corrected chi connectivity index (χ3v) is 11.4. The van der Waals surface area contributed by atoms with Crippen molar-refractivity contribution < 1.29 is 9.15 Å². The summed E-state index contributed by atoms with van der Waals surface area (Å²) in [5.74, 6) is 3.29. The average molecular weight is 703 g/mol. The van der Waals surface area contributed by atoms with Gasteiger partial charge in [0.15, 0.2) is 0 Å². The summed E-state index contributed by atoms with van der Waals surface area (Å²) in [6, 6.07) is 73.5. The van der Waals surface area contributed by atoms with Gasteiger partial charge in [-0.2, -0.15) is 0 Å². The van der Waals surface area contributed by atoms with Gasteiger partial charge in [-0.15, -0.1) is 0 Å². The molecule has 258 valence electrons. The first-order chi connectivity index (χ1) is 27.3. The van der Waals surface area contributed by atoms with E-state index < -0.39 is 5.41 Å². The van der Waals surface area contributed by atoms with Crippen molar-refractivity contribution in [1.29, 1.82) is 0 Å². The van der Waals surface area contributed by atoms with Crippen molar-refractivity contribution in [2.75, 3.05) is 0 Å². The summed E-state index contributed by atoms with van der Waals surface area (Å²) < 4.78 is 13.3. The minimum absolute atomic E-state index is 0.548. The van der Waals surface area contributed by atoms with Crippen molar-refractivity contribution in [2.24, 2.45) is 0 Å². The molecule has 9 aromatic carbocycles. The van der Waals surface area contributed by atoms with Crippen LogP contribution in [0.15, 0.2) is 211 Å². The van der Waals surface area contributed by atoms with Crippen molar-refractivity contribution >= 4 is 32.3 Å². The Bertz CT molecular complexity index is 2970. The van der Waals surface area contributed by atoms with Gasteiger partial charge in [0.05, 0.1) is 5.41 Å². The van der Waals surface area contributed by atoms with E-state index >= 15 is 0 Å². The first kappa shape index (κ1) is 31.4. The Morgan fingerprint density at radius 1 is 0.291 bits per heavy atom. The van der Waals surface area contributed by atoms with Crippen molar-refractivity contribution in [1.82, 2.24) is 0 Å². The first-order valence-electron chi connectivity index (χ1n) is 18.8. The summed E-state index contributed by atoms with van der Waals surface area (Å²) in [7, 11) is 0. The number of rotatable bonds is 5. The minimum atomic E-state index is -0.548. The lowest BCUT2D eigenvalue weighted by Crippen LogP contribution is -2.34. The van der Waals surface area contributed by atoms with Crippen LogP contribution >= 0.6 is 0 Å². The summed E-state index contributed by atoms with van der Waals surface area (Å²) in [5.41, 5.74) is 8.42. The summed E-state index contributed by atoms with van der Waals surface area (Å²) in [4.78, 5) is 0. The third-order valence-electron chi connectivity index (χ3n) is 11.4. The molecule has 2 heterocycles. The van der Waals surface area contributed by atoms with E-state index in [1.807, 2.05) is 6.07 Å². The van der Waals surface area contributed by atoms with Crippen molar-refractivity contribution in [3.63, 3.8) is 0 Å². The van der Waals surface area contributed by atoms with Gasteiger partial charge in [-0.25, -0.2) is 0 Å². The largest absolute Gasteiger partial charge is 0.457 e. The molecular formula is C53H34O2. The molecule has 0 saturated carbocycles. The van der Waals surface area contributed by atoms with Crippen LogP contribution in [0.1, 0.15) is 22.3 Å². The molecule has 11 rings (SSSR count). The second-order valence-corrected chi connectivity index (χ2v) is 14.4. The van der Waals surface area contributed by atoms with Crippen LogP contribution in [-0.4, -0.2) is 0 Å². The Balaban J connectivity index is 0.954. The molecule has 55 heavy (non-hydrogen) atoms. The molecule has 0 amide bonds. The van der Waals surface area contributed by atoms with Crippen LogP contribution in [0.5, 0.6) is 11.5 Å². The van der Waals surface area contributed by atoms with Gasteiger partial charge in [0.2, 0.25) is 0 Å². The SMILES string of the molecule is c1ccc(C2(c3ccccc3)c3ccccc3Oc3cc(-c4ccc(-c5ccc(-c6ccc7c8ccccc8c8ccccc8c7c6)cc5)o4)ccc32)cc1. The fourth-order valence-corrected chi connectivity index (χ4v) is 8.93. The lowest BCUT2D eigenvalue weighted by atomic mass is 9.63. The summed E-state index contributed by atoms with van der Waals surface area (Å²) in [6.45, 7) is 0. The Labute approximate surface area is 319 Å². The molecule has 0 atom stereocenters. The molecule has 10 aromatic rings. The van der Waals surface area contributed by atoms with E-state index in [9.17, 15) is 0 Å². The predicted molar refractivity (Wildman–Crippen MR) is 226 cm³/mol. The molecule has 1 aromatic heterocycles. The van der Waals surface area contributed by atoms with Crippen molar-refractivity contribution in [3.05, 3.63) is 229 Å². The second kappa shape index (κ2) is 12.5. The monoisotopic (exact) mass is 702 g/mol. The van der Waals surface area contributed by atoms with Crippen LogP contribution in [0, 0.1) is 0 Å². The molecule has 0 spiro atoms. The van der Waals surface area contributed by atoms with Gasteiger partial charge in [-0.05, 0) is 84.9 Å². The summed E-state index contributed by atoms with van der Waals surface area (Å²) in [6.07, 6.45) is 0. The van der Waals surface area contributed by atoms with Crippen LogP contribution < -0.4 is 4.74 Å². The zero-order valence-electron chi connectivity index (χ0n) is 29.9. The quantitative estimate of drug-likeness (QED) is 0.167. The number of fused-ring (bicyclic) bond motifs is 8. The van der Waals surface area contributed by atoms with E-state index in [2.05, 4.69) is 200 Å². The van der Waals surface area contributed by atoms with Crippen LogP contribution in [-0.2, 0) is 5.41 Å². The van der Waals surface area contributed by atoms with E-state index in [1.54, 1.807) is 0 Å². The number of furan rings is 1. The molecule has 0 saturated heterocycles. The van der Waals surface area contributed by atoms with Gasteiger partial charge < -0.3 is 9.15 Å². The molecule has 0 unspecified atom stereocenters. The minimum Gasteiger partial charge on any atom is -0.457 e. The summed E-state index contributed by atoms with van der Waals surface area (Å²) >= 11 is 0. The second-order valence-electron chi connectivity index (χ2n) is 14.4. The lowest BCUT2D eigenvalue weighted by molar-refractivity contribution is 0.434. The lowest BCUT2D eigenvalue weighted by Gasteiger charge is -2.41. The number of para-hydroxylation sites is 1. The van der Waals surface area contributed by atoms with Gasteiger partial charge in [-0.1, -0.05) is 176 Å².